The third-order valence-corrected chi connectivity index (χ3v) is 9.98. The van der Waals surface area contributed by atoms with Gasteiger partial charge in [0.05, 0.1) is 26.0 Å². The molecule has 0 saturated carbocycles. The summed E-state index contributed by atoms with van der Waals surface area (Å²) in [6, 6.07) is 7.07. The Kier molecular flexibility index (Phi) is 11.7. The number of piperazine rings is 2. The fourth-order valence-corrected chi connectivity index (χ4v) is 7.10. The van der Waals surface area contributed by atoms with E-state index in [1.165, 1.54) is 4.90 Å². The summed E-state index contributed by atoms with van der Waals surface area (Å²) in [5.41, 5.74) is 1.14. The fourth-order valence-electron chi connectivity index (χ4n) is 7.10. The maximum atomic E-state index is 13.7. The number of likely N-dealkylation sites (N-methyl/N-ethyl adjacent to an activating group) is 1. The predicted molar refractivity (Wildman–Crippen MR) is 197 cm³/mol. The number of likely N-dealkylation sites (tertiary alicyclic amines) is 1. The summed E-state index contributed by atoms with van der Waals surface area (Å²) in [4.78, 5) is 53.3. The van der Waals surface area contributed by atoms with Gasteiger partial charge in [-0.2, -0.15) is 5.10 Å². The number of Topliss-reactive ketones (excluding diaryl/α,β-unsaturated/α-hetero) is 1. The van der Waals surface area contributed by atoms with Crippen LogP contribution in [0.3, 0.4) is 0 Å². The van der Waals surface area contributed by atoms with Crippen molar-refractivity contribution in [3.8, 4) is 11.5 Å². The number of carbonyl (C=O) groups is 3. The molecule has 52 heavy (non-hydrogen) atoms. The van der Waals surface area contributed by atoms with Crippen LogP contribution in [0.2, 0.25) is 0 Å². The number of amides is 2. The van der Waals surface area contributed by atoms with Gasteiger partial charge in [0, 0.05) is 94.9 Å². The van der Waals surface area contributed by atoms with E-state index in [1.54, 1.807) is 45.2 Å². The van der Waals surface area contributed by atoms with E-state index < -0.39 is 17.7 Å². The molecule has 5 heterocycles. The SMILES string of the molecule is CCN1CCN(CCCOc2cc3c(N4CCN(C(=O)C5CC(=O)CN5C(=O)OC(C)(C)C)CC4)nnc(Cc4ccncc4)c3cc2OC)CC1. The molecule has 3 aliphatic heterocycles. The summed E-state index contributed by atoms with van der Waals surface area (Å²) < 4.78 is 17.7. The van der Waals surface area contributed by atoms with E-state index in [1.807, 2.05) is 24.3 Å². The first kappa shape index (κ1) is 37.2. The van der Waals surface area contributed by atoms with E-state index in [-0.39, 0.29) is 24.7 Å². The van der Waals surface area contributed by atoms with Crippen LogP contribution >= 0.6 is 0 Å². The third kappa shape index (κ3) is 8.90. The number of fused-ring (bicyclic) bond motifs is 1. The van der Waals surface area contributed by atoms with Crippen LogP contribution in [0.4, 0.5) is 10.6 Å². The highest BCUT2D eigenvalue weighted by Gasteiger charge is 2.43. The molecule has 14 nitrogen and oxygen atoms in total. The molecule has 0 spiro atoms. The first-order valence-corrected chi connectivity index (χ1v) is 18.4. The van der Waals surface area contributed by atoms with Gasteiger partial charge in [-0.25, -0.2) is 4.79 Å². The maximum absolute atomic E-state index is 13.7. The second-order valence-corrected chi connectivity index (χ2v) is 14.7. The van der Waals surface area contributed by atoms with Crippen molar-refractivity contribution in [2.45, 2.75) is 58.6 Å². The monoisotopic (exact) mass is 716 g/mol. The molecule has 3 saturated heterocycles. The second-order valence-electron chi connectivity index (χ2n) is 14.7. The summed E-state index contributed by atoms with van der Waals surface area (Å²) in [7, 11) is 1.65. The molecule has 2 amide bonds. The van der Waals surface area contributed by atoms with Gasteiger partial charge in [0.1, 0.15) is 11.6 Å². The molecule has 0 radical (unpaired) electrons. The van der Waals surface area contributed by atoms with Crippen LogP contribution in [0.25, 0.3) is 10.8 Å². The number of aromatic nitrogens is 3. The van der Waals surface area contributed by atoms with Gasteiger partial charge in [-0.15, -0.1) is 5.10 Å². The van der Waals surface area contributed by atoms with Crippen molar-refractivity contribution in [2.24, 2.45) is 0 Å². The first-order valence-electron chi connectivity index (χ1n) is 18.4. The summed E-state index contributed by atoms with van der Waals surface area (Å²) in [5.74, 6) is 1.59. The predicted octanol–water partition coefficient (Wildman–Crippen LogP) is 3.26. The Balaban J connectivity index is 1.19. The summed E-state index contributed by atoms with van der Waals surface area (Å²) in [6.07, 6.45) is 4.35. The molecule has 0 N–H and O–H groups in total. The lowest BCUT2D eigenvalue weighted by Gasteiger charge is -2.38. The van der Waals surface area contributed by atoms with Crippen LogP contribution in [-0.2, 0) is 20.7 Å². The quantitative estimate of drug-likeness (QED) is 0.270. The van der Waals surface area contributed by atoms with Crippen molar-refractivity contribution in [3.63, 3.8) is 0 Å². The Morgan fingerprint density at radius 3 is 2.27 bits per heavy atom. The van der Waals surface area contributed by atoms with Gasteiger partial charge < -0.3 is 33.8 Å². The summed E-state index contributed by atoms with van der Waals surface area (Å²) in [5, 5.41) is 11.3. The molecule has 2 aromatic heterocycles. The Bertz CT molecular complexity index is 1720. The van der Waals surface area contributed by atoms with Crippen LogP contribution in [0.5, 0.6) is 11.5 Å². The number of hydrogen-bond donors (Lipinski definition) is 0. The Hall–Kier alpha value is -4.56. The number of benzene rings is 1. The van der Waals surface area contributed by atoms with Gasteiger partial charge >= 0.3 is 6.09 Å². The van der Waals surface area contributed by atoms with Gasteiger partial charge in [0.25, 0.3) is 0 Å². The van der Waals surface area contributed by atoms with E-state index in [2.05, 4.69) is 26.6 Å². The van der Waals surface area contributed by atoms with E-state index in [9.17, 15) is 14.4 Å². The average Bonchev–Trinajstić information content (AvgIpc) is 3.54. The summed E-state index contributed by atoms with van der Waals surface area (Å²) in [6.45, 7) is 16.2. The lowest BCUT2D eigenvalue weighted by molar-refractivity contribution is -0.136. The highest BCUT2D eigenvalue weighted by molar-refractivity contribution is 5.98. The number of anilines is 1. The maximum Gasteiger partial charge on any atom is 0.411 e. The van der Waals surface area contributed by atoms with Crippen molar-refractivity contribution in [1.29, 1.82) is 0 Å². The second kappa shape index (κ2) is 16.4. The van der Waals surface area contributed by atoms with Crippen molar-refractivity contribution >= 4 is 34.4 Å². The fraction of sp³-hybridized carbons (Fsp3) is 0.579. The van der Waals surface area contributed by atoms with Gasteiger partial charge in [-0.3, -0.25) is 19.5 Å². The third-order valence-electron chi connectivity index (χ3n) is 9.98. The molecular formula is C38H52N8O6. The zero-order chi connectivity index (χ0) is 36.8. The normalized spacial score (nSPS) is 19.0. The number of carbonyl (C=O) groups excluding carboxylic acids is 3. The van der Waals surface area contributed by atoms with E-state index in [0.717, 1.165) is 67.7 Å². The number of ether oxygens (including phenoxy) is 3. The standard InChI is InChI=1S/C38H52N8O6/c1-6-42-13-15-43(16-14-42)12-7-21-51-34-25-30-29(24-33(34)50-5)31(22-27-8-10-39-11-9-27)40-41-35(30)44-17-19-45(20-18-44)36(48)32-23-28(47)26-46(32)37(49)52-38(2,3)4/h8-11,24-25,32H,6-7,12-23,26H2,1-5H3. The van der Waals surface area contributed by atoms with Crippen LogP contribution in [0.1, 0.15) is 51.8 Å². The molecule has 1 unspecified atom stereocenters. The van der Waals surface area contributed by atoms with E-state index in [0.29, 0.717) is 56.5 Å². The van der Waals surface area contributed by atoms with Gasteiger partial charge in [0.2, 0.25) is 5.91 Å². The van der Waals surface area contributed by atoms with Gasteiger partial charge in [0.15, 0.2) is 23.1 Å². The minimum absolute atomic E-state index is 0.00650. The van der Waals surface area contributed by atoms with Crippen LogP contribution in [0.15, 0.2) is 36.7 Å². The Morgan fingerprint density at radius 1 is 0.904 bits per heavy atom. The average molecular weight is 717 g/mol. The van der Waals surface area contributed by atoms with Crippen molar-refractivity contribution < 1.29 is 28.6 Å². The smallest absolute Gasteiger partial charge is 0.411 e. The number of rotatable bonds is 11. The minimum atomic E-state index is -0.866. The molecule has 1 atom stereocenters. The zero-order valence-corrected chi connectivity index (χ0v) is 31.2. The molecule has 280 valence electrons. The molecule has 6 rings (SSSR count). The van der Waals surface area contributed by atoms with Crippen molar-refractivity contribution in [3.05, 3.63) is 47.9 Å². The molecule has 0 aliphatic carbocycles. The van der Waals surface area contributed by atoms with Crippen LogP contribution < -0.4 is 14.4 Å². The highest BCUT2D eigenvalue weighted by atomic mass is 16.6. The number of nitrogens with zero attached hydrogens (tertiary/aromatic N) is 8. The van der Waals surface area contributed by atoms with E-state index in [4.69, 9.17) is 24.4 Å². The lowest BCUT2D eigenvalue weighted by atomic mass is 10.0. The topological polar surface area (TPSA) is 134 Å². The Morgan fingerprint density at radius 2 is 1.60 bits per heavy atom. The molecule has 3 aliphatic rings. The number of hydrogen-bond acceptors (Lipinski definition) is 12. The Labute approximate surface area is 306 Å². The molecule has 3 fully saturated rings. The van der Waals surface area contributed by atoms with Crippen molar-refractivity contribution in [1.82, 2.24) is 34.8 Å². The largest absolute Gasteiger partial charge is 0.493 e. The first-order chi connectivity index (χ1) is 25.0. The van der Waals surface area contributed by atoms with E-state index >= 15 is 0 Å². The highest BCUT2D eigenvalue weighted by Crippen LogP contribution is 2.38. The molecular weight excluding hydrogens is 664 g/mol. The van der Waals surface area contributed by atoms with Crippen molar-refractivity contribution in [2.75, 3.05) is 90.6 Å². The van der Waals surface area contributed by atoms with Gasteiger partial charge in [-0.05, 0) is 63.6 Å². The lowest BCUT2D eigenvalue weighted by Crippen LogP contribution is -2.55. The number of methoxy groups -OCH3 is 1. The number of ketones is 1. The minimum Gasteiger partial charge on any atom is -0.493 e. The zero-order valence-electron chi connectivity index (χ0n) is 31.2. The van der Waals surface area contributed by atoms with Crippen LogP contribution in [0, 0.1) is 0 Å². The number of pyridine rings is 1. The molecule has 14 heteroatoms. The summed E-state index contributed by atoms with van der Waals surface area (Å²) >= 11 is 0. The van der Waals surface area contributed by atoms with Gasteiger partial charge in [-0.1, -0.05) is 6.92 Å². The molecule has 0 bridgehead atoms. The van der Waals surface area contributed by atoms with Crippen LogP contribution in [-0.4, -0.2) is 150 Å². The molecule has 3 aromatic rings. The molecule has 1 aromatic carbocycles.